The number of hydrogen-bond acceptors (Lipinski definition) is 5. The molecular weight excluding hydrogens is 369 g/mol. The summed E-state index contributed by atoms with van der Waals surface area (Å²) >= 11 is 1.43. The molecule has 134 valence electrons. The molecule has 1 amide bonds. The van der Waals surface area contributed by atoms with Crippen LogP contribution < -0.4 is 10.6 Å². The van der Waals surface area contributed by atoms with Gasteiger partial charge in [-0.25, -0.2) is 4.98 Å². The fourth-order valence-corrected chi connectivity index (χ4v) is 3.64. The van der Waals surface area contributed by atoms with E-state index in [2.05, 4.69) is 20.7 Å². The van der Waals surface area contributed by atoms with Crippen molar-refractivity contribution in [1.29, 1.82) is 0 Å². The van der Waals surface area contributed by atoms with E-state index in [1.807, 2.05) is 20.2 Å². The maximum Gasteiger partial charge on any atom is 0.263 e. The van der Waals surface area contributed by atoms with Gasteiger partial charge in [-0.05, 0) is 38.8 Å². The Labute approximate surface area is 158 Å². The average molecular weight is 392 g/mol. The van der Waals surface area contributed by atoms with Crippen LogP contribution in [0.15, 0.2) is 12.4 Å². The second-order valence-electron chi connectivity index (χ2n) is 5.76. The Hall–Kier alpha value is -1.15. The van der Waals surface area contributed by atoms with Gasteiger partial charge >= 0.3 is 0 Å². The number of amides is 1. The van der Waals surface area contributed by atoms with Crippen molar-refractivity contribution in [2.24, 2.45) is 13.0 Å². The van der Waals surface area contributed by atoms with Crippen LogP contribution in [0.25, 0.3) is 10.6 Å². The molecule has 2 aromatic rings. The molecule has 0 radical (unpaired) electrons. The minimum Gasteiger partial charge on any atom is -0.351 e. The van der Waals surface area contributed by atoms with Gasteiger partial charge in [0.05, 0.1) is 11.9 Å². The van der Waals surface area contributed by atoms with Gasteiger partial charge < -0.3 is 10.6 Å². The number of aromatic nitrogens is 3. The number of nitrogens with zero attached hydrogens (tertiary/aromatic N) is 3. The summed E-state index contributed by atoms with van der Waals surface area (Å²) in [5.41, 5.74) is 1.73. The summed E-state index contributed by atoms with van der Waals surface area (Å²) in [5.74, 6) is 0.513. The number of aryl methyl sites for hydroxylation is 2. The van der Waals surface area contributed by atoms with E-state index < -0.39 is 0 Å². The van der Waals surface area contributed by atoms with Crippen LogP contribution in [-0.4, -0.2) is 40.3 Å². The lowest BCUT2D eigenvalue weighted by atomic mass is 10.00. The maximum absolute atomic E-state index is 12.4. The Bertz CT molecular complexity index is 667. The molecule has 1 atom stereocenters. The van der Waals surface area contributed by atoms with Gasteiger partial charge in [-0.1, -0.05) is 0 Å². The molecule has 2 N–H and O–H groups in total. The predicted molar refractivity (Wildman–Crippen MR) is 101 cm³/mol. The van der Waals surface area contributed by atoms with E-state index in [4.69, 9.17) is 0 Å². The number of carbonyl (C=O) groups excluding carboxylic acids is 1. The van der Waals surface area contributed by atoms with Gasteiger partial charge in [0.15, 0.2) is 0 Å². The topological polar surface area (TPSA) is 71.8 Å². The van der Waals surface area contributed by atoms with Crippen LogP contribution in [0.1, 0.15) is 28.2 Å². The van der Waals surface area contributed by atoms with E-state index in [1.165, 1.54) is 24.2 Å². The normalized spacial score (nSPS) is 16.8. The lowest BCUT2D eigenvalue weighted by molar-refractivity contribution is 0.0948. The molecular formula is C15H23Cl2N5OS. The van der Waals surface area contributed by atoms with Crippen molar-refractivity contribution in [3.8, 4) is 10.6 Å². The summed E-state index contributed by atoms with van der Waals surface area (Å²) in [6, 6.07) is 0. The van der Waals surface area contributed by atoms with E-state index in [1.54, 1.807) is 10.9 Å². The van der Waals surface area contributed by atoms with Crippen molar-refractivity contribution in [3.05, 3.63) is 23.0 Å². The molecule has 1 fully saturated rings. The third-order valence-corrected chi connectivity index (χ3v) is 5.11. The molecule has 2 aromatic heterocycles. The van der Waals surface area contributed by atoms with E-state index in [0.29, 0.717) is 10.8 Å². The van der Waals surface area contributed by atoms with Crippen LogP contribution in [-0.2, 0) is 7.05 Å². The number of carbonyl (C=O) groups is 1. The van der Waals surface area contributed by atoms with Gasteiger partial charge in [-0.15, -0.1) is 36.2 Å². The molecule has 24 heavy (non-hydrogen) atoms. The molecule has 0 spiro atoms. The fraction of sp³-hybridized carbons (Fsp3) is 0.533. The van der Waals surface area contributed by atoms with Crippen LogP contribution >= 0.6 is 36.2 Å². The first-order valence-corrected chi connectivity index (χ1v) is 8.40. The van der Waals surface area contributed by atoms with Crippen LogP contribution in [0.3, 0.4) is 0 Å². The Morgan fingerprint density at radius 2 is 2.29 bits per heavy atom. The number of piperidine rings is 1. The van der Waals surface area contributed by atoms with Crippen LogP contribution in [0, 0.1) is 12.8 Å². The molecule has 1 unspecified atom stereocenters. The highest BCUT2D eigenvalue weighted by molar-refractivity contribution is 7.17. The van der Waals surface area contributed by atoms with Crippen molar-refractivity contribution in [3.63, 3.8) is 0 Å². The summed E-state index contributed by atoms with van der Waals surface area (Å²) in [6.07, 6.45) is 6.04. The van der Waals surface area contributed by atoms with E-state index in [0.717, 1.165) is 35.9 Å². The third kappa shape index (κ3) is 4.92. The summed E-state index contributed by atoms with van der Waals surface area (Å²) in [5, 5.41) is 11.4. The number of hydrogen-bond donors (Lipinski definition) is 2. The van der Waals surface area contributed by atoms with Gasteiger partial charge in [0, 0.05) is 25.4 Å². The molecule has 0 aromatic carbocycles. The number of halogens is 2. The van der Waals surface area contributed by atoms with Crippen LogP contribution in [0.2, 0.25) is 0 Å². The highest BCUT2D eigenvalue weighted by Crippen LogP contribution is 2.27. The first-order chi connectivity index (χ1) is 10.6. The number of nitrogens with one attached hydrogen (secondary N) is 2. The molecule has 1 saturated heterocycles. The standard InChI is InChI=1S/C15H21N5OS.2ClH/c1-10-13(14(21)17-7-11-4-3-5-16-6-11)22-15(19-10)12-8-18-20(2)9-12;;/h8-9,11,16H,3-7H2,1-2H3,(H,17,21);2*1H. The second-order valence-corrected chi connectivity index (χ2v) is 6.76. The lowest BCUT2D eigenvalue weighted by Gasteiger charge is -2.22. The Kier molecular flexibility index (Phi) is 8.15. The monoisotopic (exact) mass is 391 g/mol. The van der Waals surface area contributed by atoms with Crippen LogP contribution in [0.5, 0.6) is 0 Å². The Morgan fingerprint density at radius 1 is 1.50 bits per heavy atom. The molecule has 1 aliphatic heterocycles. The van der Waals surface area contributed by atoms with Crippen molar-refractivity contribution < 1.29 is 4.79 Å². The summed E-state index contributed by atoms with van der Waals surface area (Å²) in [4.78, 5) is 17.6. The third-order valence-electron chi connectivity index (χ3n) is 3.90. The molecule has 3 heterocycles. The molecule has 0 saturated carbocycles. The van der Waals surface area contributed by atoms with Gasteiger partial charge in [0.2, 0.25) is 0 Å². The molecule has 3 rings (SSSR count). The molecule has 0 aliphatic carbocycles. The highest BCUT2D eigenvalue weighted by Gasteiger charge is 2.19. The van der Waals surface area contributed by atoms with E-state index in [-0.39, 0.29) is 30.7 Å². The van der Waals surface area contributed by atoms with E-state index in [9.17, 15) is 4.79 Å². The van der Waals surface area contributed by atoms with Gasteiger partial charge in [-0.2, -0.15) is 5.10 Å². The van der Waals surface area contributed by atoms with Crippen molar-refractivity contribution in [1.82, 2.24) is 25.4 Å². The van der Waals surface area contributed by atoms with Crippen molar-refractivity contribution >= 4 is 42.1 Å². The zero-order valence-corrected chi connectivity index (χ0v) is 16.2. The maximum atomic E-state index is 12.4. The van der Waals surface area contributed by atoms with Gasteiger partial charge in [-0.3, -0.25) is 9.48 Å². The number of thiazole rings is 1. The minimum atomic E-state index is -0.0179. The first kappa shape index (κ1) is 20.9. The highest BCUT2D eigenvalue weighted by atomic mass is 35.5. The molecule has 0 bridgehead atoms. The van der Waals surface area contributed by atoms with E-state index >= 15 is 0 Å². The smallest absolute Gasteiger partial charge is 0.263 e. The average Bonchev–Trinajstić information content (AvgIpc) is 3.12. The summed E-state index contributed by atoms with van der Waals surface area (Å²) in [6.45, 7) is 4.69. The fourth-order valence-electron chi connectivity index (χ4n) is 2.68. The second kappa shape index (κ2) is 9.36. The van der Waals surface area contributed by atoms with Gasteiger partial charge in [0.1, 0.15) is 9.88 Å². The summed E-state index contributed by atoms with van der Waals surface area (Å²) < 4.78 is 1.74. The largest absolute Gasteiger partial charge is 0.351 e. The van der Waals surface area contributed by atoms with Gasteiger partial charge in [0.25, 0.3) is 5.91 Å². The Morgan fingerprint density at radius 3 is 2.92 bits per heavy atom. The molecule has 9 heteroatoms. The Balaban J connectivity index is 0.00000144. The molecule has 6 nitrogen and oxygen atoms in total. The summed E-state index contributed by atoms with van der Waals surface area (Å²) in [7, 11) is 1.87. The zero-order valence-electron chi connectivity index (χ0n) is 13.7. The van der Waals surface area contributed by atoms with Crippen molar-refractivity contribution in [2.75, 3.05) is 19.6 Å². The first-order valence-electron chi connectivity index (χ1n) is 7.59. The van der Waals surface area contributed by atoms with Crippen LogP contribution in [0.4, 0.5) is 0 Å². The number of rotatable bonds is 4. The zero-order chi connectivity index (χ0) is 15.5. The molecule has 1 aliphatic rings. The SMILES string of the molecule is Cc1nc(-c2cnn(C)c2)sc1C(=O)NCC1CCCNC1.Cl.Cl. The van der Waals surface area contributed by atoms with Crippen molar-refractivity contribution in [2.45, 2.75) is 19.8 Å². The predicted octanol–water partition coefficient (Wildman–Crippen LogP) is 2.43. The lowest BCUT2D eigenvalue weighted by Crippen LogP contribution is -2.38. The quantitative estimate of drug-likeness (QED) is 0.839. The minimum absolute atomic E-state index is 0.